The molecule has 3 aromatic rings. The molecular weight excluding hydrogens is 543 g/mol. The molecule has 0 radical (unpaired) electrons. The average Bonchev–Trinajstić information content (AvgIpc) is 2.91. The fourth-order valence-corrected chi connectivity index (χ4v) is 6.17. The van der Waals surface area contributed by atoms with Gasteiger partial charge in [-0.1, -0.05) is 42.5 Å². The highest BCUT2D eigenvalue weighted by Crippen LogP contribution is 2.31. The second kappa shape index (κ2) is 14.2. The van der Waals surface area contributed by atoms with Gasteiger partial charge in [0, 0.05) is 32.1 Å². The van der Waals surface area contributed by atoms with Crippen LogP contribution in [0.4, 0.5) is 4.39 Å². The van der Waals surface area contributed by atoms with Crippen molar-refractivity contribution < 1.29 is 27.8 Å². The quantitative estimate of drug-likeness (QED) is 0.227. The number of aryl methyl sites for hydroxylation is 3. The number of benzene rings is 3. The van der Waals surface area contributed by atoms with E-state index in [4.69, 9.17) is 5.11 Å². The third-order valence-corrected chi connectivity index (χ3v) is 9.09. The fraction of sp³-hybridized carbons (Fsp3) is 0.406. The summed E-state index contributed by atoms with van der Waals surface area (Å²) in [6, 6.07) is 19.2. The molecule has 0 amide bonds. The van der Waals surface area contributed by atoms with Gasteiger partial charge in [-0.05, 0) is 98.5 Å². The number of hydrogen-bond acceptors (Lipinski definition) is 5. The number of rotatable bonds is 15. The first-order chi connectivity index (χ1) is 19.3. The molecule has 0 aliphatic carbocycles. The van der Waals surface area contributed by atoms with E-state index in [9.17, 15) is 22.7 Å². The van der Waals surface area contributed by atoms with E-state index in [1.165, 1.54) is 30.8 Å². The molecule has 41 heavy (non-hydrogen) atoms. The number of sulfonamides is 1. The fourth-order valence-electron chi connectivity index (χ4n) is 4.87. The first kappa shape index (κ1) is 32.4. The number of aliphatic hydroxyl groups excluding tert-OH is 1. The van der Waals surface area contributed by atoms with Gasteiger partial charge >= 0.3 is 5.97 Å². The summed E-state index contributed by atoms with van der Waals surface area (Å²) in [5.74, 6) is -1.44. The molecule has 3 aromatic carbocycles. The van der Waals surface area contributed by atoms with Gasteiger partial charge in [0.15, 0.2) is 0 Å². The largest absolute Gasteiger partial charge is 0.481 e. The minimum absolute atomic E-state index is 0.0759. The molecule has 0 spiro atoms. The van der Waals surface area contributed by atoms with Crippen molar-refractivity contribution in [1.82, 2.24) is 9.62 Å². The number of carbonyl (C=O) groups is 1. The minimum atomic E-state index is -3.88. The van der Waals surface area contributed by atoms with E-state index in [-0.39, 0.29) is 36.4 Å². The van der Waals surface area contributed by atoms with Crippen molar-refractivity contribution in [3.63, 3.8) is 0 Å². The van der Waals surface area contributed by atoms with Crippen molar-refractivity contribution in [3.05, 3.63) is 89.2 Å². The number of halogens is 1. The normalized spacial score (nSPS) is 13.0. The number of aliphatic hydroxyl groups is 1. The summed E-state index contributed by atoms with van der Waals surface area (Å²) in [6.45, 7) is 6.08. The second-order valence-corrected chi connectivity index (χ2v) is 13.3. The molecule has 0 bridgehead atoms. The van der Waals surface area contributed by atoms with Gasteiger partial charge in [0.1, 0.15) is 5.82 Å². The van der Waals surface area contributed by atoms with Gasteiger partial charge in [-0.15, -0.1) is 0 Å². The summed E-state index contributed by atoms with van der Waals surface area (Å²) >= 11 is 0. The predicted octanol–water partition coefficient (Wildman–Crippen LogP) is 5.19. The van der Waals surface area contributed by atoms with Crippen LogP contribution >= 0.6 is 0 Å². The van der Waals surface area contributed by atoms with Crippen LogP contribution in [0.15, 0.2) is 71.6 Å². The summed E-state index contributed by atoms with van der Waals surface area (Å²) in [5, 5.41) is 23.1. The van der Waals surface area contributed by atoms with Gasteiger partial charge in [-0.2, -0.15) is 4.31 Å². The Morgan fingerprint density at radius 2 is 1.71 bits per heavy atom. The third-order valence-electron chi connectivity index (χ3n) is 7.27. The lowest BCUT2D eigenvalue weighted by atomic mass is 9.93. The zero-order valence-electron chi connectivity index (χ0n) is 24.2. The smallest absolute Gasteiger partial charge is 0.303 e. The van der Waals surface area contributed by atoms with Crippen LogP contribution in [0.1, 0.15) is 49.8 Å². The van der Waals surface area contributed by atoms with Crippen molar-refractivity contribution in [3.8, 4) is 11.1 Å². The van der Waals surface area contributed by atoms with Crippen molar-refractivity contribution in [2.24, 2.45) is 0 Å². The summed E-state index contributed by atoms with van der Waals surface area (Å²) < 4.78 is 41.7. The predicted molar refractivity (Wildman–Crippen MR) is 160 cm³/mol. The Balaban J connectivity index is 1.62. The van der Waals surface area contributed by atoms with E-state index >= 15 is 0 Å². The van der Waals surface area contributed by atoms with Crippen molar-refractivity contribution in [1.29, 1.82) is 0 Å². The summed E-state index contributed by atoms with van der Waals surface area (Å²) in [6.07, 6.45) is 1.97. The van der Waals surface area contributed by atoms with E-state index < -0.39 is 27.9 Å². The molecule has 0 saturated carbocycles. The lowest BCUT2D eigenvalue weighted by Gasteiger charge is -2.29. The maximum Gasteiger partial charge on any atom is 0.303 e. The monoisotopic (exact) mass is 584 g/mol. The summed E-state index contributed by atoms with van der Waals surface area (Å²) in [7, 11) is -2.44. The van der Waals surface area contributed by atoms with Gasteiger partial charge in [0.2, 0.25) is 10.0 Å². The van der Waals surface area contributed by atoms with Gasteiger partial charge < -0.3 is 15.5 Å². The highest BCUT2D eigenvalue weighted by Gasteiger charge is 2.25. The number of carboxylic acid groups (broad SMARTS) is 1. The van der Waals surface area contributed by atoms with Crippen LogP contribution in [0.25, 0.3) is 11.1 Å². The molecule has 0 fully saturated rings. The Hall–Kier alpha value is -3.11. The lowest BCUT2D eigenvalue weighted by molar-refractivity contribution is -0.136. The standard InChI is InChI=1S/C32H41FN2O5S/c1-23-19-28(14-16-29(23)30-15-13-26(33)20-25(30)12-17-31(37)38)41(39,40)35(4)22-27(36)21-34-32(2,3)18-8-11-24-9-6-5-7-10-24/h5-7,9-10,13-16,19-20,27,34,36H,8,11-12,17-18,21-22H2,1-4H3,(H,37,38)/t27-/m0/s1. The summed E-state index contributed by atoms with van der Waals surface area (Å²) in [5.41, 5.74) is 3.63. The molecular formula is C32H41FN2O5S. The third kappa shape index (κ3) is 9.46. The van der Waals surface area contributed by atoms with Crippen LogP contribution < -0.4 is 5.32 Å². The highest BCUT2D eigenvalue weighted by molar-refractivity contribution is 7.89. The lowest BCUT2D eigenvalue weighted by Crippen LogP contribution is -2.46. The number of nitrogens with zero attached hydrogens (tertiary/aromatic N) is 1. The van der Waals surface area contributed by atoms with Gasteiger partial charge in [-0.3, -0.25) is 4.79 Å². The molecule has 0 aliphatic rings. The first-order valence-corrected chi connectivity index (χ1v) is 15.3. The Morgan fingerprint density at radius 1 is 1.02 bits per heavy atom. The van der Waals surface area contributed by atoms with Crippen molar-refractivity contribution >= 4 is 16.0 Å². The maximum absolute atomic E-state index is 13.9. The van der Waals surface area contributed by atoms with Crippen LogP contribution in [-0.4, -0.2) is 60.7 Å². The number of β-amino-alcohol motifs (C(OH)–C–C–N with tert-alkyl or cyclic N) is 1. The molecule has 0 heterocycles. The van der Waals surface area contributed by atoms with Gasteiger partial charge in [0.05, 0.1) is 11.0 Å². The molecule has 222 valence electrons. The van der Waals surface area contributed by atoms with E-state index in [0.717, 1.165) is 23.6 Å². The van der Waals surface area contributed by atoms with E-state index in [0.29, 0.717) is 22.3 Å². The first-order valence-electron chi connectivity index (χ1n) is 13.8. The Kier molecular flexibility index (Phi) is 11.2. The van der Waals surface area contributed by atoms with E-state index in [1.54, 1.807) is 25.1 Å². The Labute approximate surface area is 243 Å². The number of nitrogens with one attached hydrogen (secondary N) is 1. The molecule has 0 aliphatic heterocycles. The molecule has 7 nitrogen and oxygen atoms in total. The zero-order valence-corrected chi connectivity index (χ0v) is 25.0. The molecule has 0 saturated heterocycles. The number of aliphatic carboxylic acids is 1. The van der Waals surface area contributed by atoms with Crippen LogP contribution in [0.2, 0.25) is 0 Å². The maximum atomic E-state index is 13.9. The molecule has 3 rings (SSSR count). The van der Waals surface area contributed by atoms with Gasteiger partial charge in [-0.25, -0.2) is 12.8 Å². The average molecular weight is 585 g/mol. The van der Waals surface area contributed by atoms with Crippen molar-refractivity contribution in [2.75, 3.05) is 20.1 Å². The van der Waals surface area contributed by atoms with Crippen LogP contribution in [0.5, 0.6) is 0 Å². The van der Waals surface area contributed by atoms with Crippen LogP contribution in [0, 0.1) is 12.7 Å². The molecule has 0 aromatic heterocycles. The SMILES string of the molecule is Cc1cc(S(=O)(=O)N(C)C[C@@H](O)CNC(C)(C)CCCc2ccccc2)ccc1-c1ccc(F)cc1CCC(=O)O. The zero-order chi connectivity index (χ0) is 30.2. The topological polar surface area (TPSA) is 107 Å². The van der Waals surface area contributed by atoms with Crippen molar-refractivity contribution in [2.45, 2.75) is 69.4 Å². The molecule has 0 unspecified atom stereocenters. The summed E-state index contributed by atoms with van der Waals surface area (Å²) in [4.78, 5) is 11.1. The molecule has 1 atom stereocenters. The number of hydrogen-bond donors (Lipinski definition) is 3. The highest BCUT2D eigenvalue weighted by atomic mass is 32.2. The molecule has 3 N–H and O–H groups in total. The van der Waals surface area contributed by atoms with Gasteiger partial charge in [0.25, 0.3) is 0 Å². The number of carboxylic acids is 1. The Morgan fingerprint density at radius 3 is 2.37 bits per heavy atom. The second-order valence-electron chi connectivity index (χ2n) is 11.2. The number of likely N-dealkylation sites (N-methyl/N-ethyl adjacent to an activating group) is 1. The van der Waals surface area contributed by atoms with Crippen LogP contribution in [-0.2, 0) is 27.7 Å². The van der Waals surface area contributed by atoms with Crippen LogP contribution in [0.3, 0.4) is 0 Å². The molecule has 9 heteroatoms. The minimum Gasteiger partial charge on any atom is -0.481 e. The van der Waals surface area contributed by atoms with E-state index in [2.05, 4.69) is 31.3 Å². The van der Waals surface area contributed by atoms with E-state index in [1.807, 2.05) is 18.2 Å². The Bertz CT molecular complexity index is 1430.